The second kappa shape index (κ2) is 8.79. The normalized spacial score (nSPS) is 8.84. The topological polar surface area (TPSA) is 82.6 Å². The number of pyridine rings is 1. The highest BCUT2D eigenvalue weighted by Gasteiger charge is 1.96. The van der Waals surface area contributed by atoms with Gasteiger partial charge in [-0.15, -0.1) is 0 Å². The predicted molar refractivity (Wildman–Crippen MR) is 66.9 cm³/mol. The molecule has 0 saturated heterocycles. The summed E-state index contributed by atoms with van der Waals surface area (Å²) in [6, 6.07) is 5.62. The van der Waals surface area contributed by atoms with Crippen molar-refractivity contribution in [2.24, 2.45) is 0 Å². The number of aryl methyl sites for hydroxylation is 1. The molecular formula is C13H17NO5. The van der Waals surface area contributed by atoms with E-state index >= 15 is 0 Å². The standard InChI is InChI=1S/C9H11NO2.C4H6O3/c1-7-4-3-5-9(10-7)6-12-8(2)11;1-3(5)7-4(2)6/h3-5H,6H2,1-2H3;1-2H3. The van der Waals surface area contributed by atoms with Crippen LogP contribution in [0.4, 0.5) is 0 Å². The van der Waals surface area contributed by atoms with Crippen molar-refractivity contribution < 1.29 is 23.9 Å². The van der Waals surface area contributed by atoms with Crippen molar-refractivity contribution in [3.63, 3.8) is 0 Å². The van der Waals surface area contributed by atoms with Crippen LogP contribution >= 0.6 is 0 Å². The summed E-state index contributed by atoms with van der Waals surface area (Å²) in [6.45, 7) is 5.91. The molecule has 0 bridgehead atoms. The highest BCUT2D eigenvalue weighted by atomic mass is 16.6. The molecule has 0 aromatic carbocycles. The molecule has 0 aliphatic heterocycles. The van der Waals surface area contributed by atoms with Crippen molar-refractivity contribution in [3.8, 4) is 0 Å². The van der Waals surface area contributed by atoms with Crippen LogP contribution in [0.25, 0.3) is 0 Å². The average molecular weight is 267 g/mol. The van der Waals surface area contributed by atoms with Crippen LogP contribution in [0, 0.1) is 6.92 Å². The van der Waals surface area contributed by atoms with Gasteiger partial charge in [-0.3, -0.25) is 19.4 Å². The lowest BCUT2D eigenvalue weighted by atomic mass is 10.3. The molecule has 0 amide bonds. The number of carbonyl (C=O) groups excluding carboxylic acids is 3. The molecule has 1 aromatic heterocycles. The van der Waals surface area contributed by atoms with E-state index in [1.54, 1.807) is 0 Å². The zero-order valence-electron chi connectivity index (χ0n) is 11.4. The van der Waals surface area contributed by atoms with E-state index in [0.717, 1.165) is 11.4 Å². The molecule has 0 fully saturated rings. The van der Waals surface area contributed by atoms with Crippen LogP contribution in [0.3, 0.4) is 0 Å². The summed E-state index contributed by atoms with van der Waals surface area (Å²) in [6.07, 6.45) is 0. The van der Waals surface area contributed by atoms with Crippen LogP contribution in [0.5, 0.6) is 0 Å². The van der Waals surface area contributed by atoms with Crippen LogP contribution in [-0.2, 0) is 30.5 Å². The Morgan fingerprint density at radius 2 is 1.63 bits per heavy atom. The number of carbonyl (C=O) groups is 3. The predicted octanol–water partition coefficient (Wildman–Crippen LogP) is 1.55. The van der Waals surface area contributed by atoms with Crippen molar-refractivity contribution in [1.82, 2.24) is 4.98 Å². The van der Waals surface area contributed by atoms with E-state index in [2.05, 4.69) is 9.72 Å². The van der Waals surface area contributed by atoms with Gasteiger partial charge >= 0.3 is 17.9 Å². The monoisotopic (exact) mass is 267 g/mol. The average Bonchev–Trinajstić information content (AvgIpc) is 2.25. The molecule has 0 unspecified atom stereocenters. The summed E-state index contributed by atoms with van der Waals surface area (Å²) < 4.78 is 8.75. The van der Waals surface area contributed by atoms with E-state index in [1.165, 1.54) is 20.8 Å². The third kappa shape index (κ3) is 10.6. The summed E-state index contributed by atoms with van der Waals surface area (Å²) >= 11 is 0. The second-order valence-electron chi connectivity index (χ2n) is 3.64. The maximum Gasteiger partial charge on any atom is 0.310 e. The third-order valence-corrected chi connectivity index (χ3v) is 1.66. The van der Waals surface area contributed by atoms with Gasteiger partial charge in [0, 0.05) is 26.5 Å². The van der Waals surface area contributed by atoms with E-state index in [4.69, 9.17) is 4.74 Å². The molecule has 0 saturated carbocycles. The Morgan fingerprint density at radius 3 is 2.00 bits per heavy atom. The van der Waals surface area contributed by atoms with E-state index in [9.17, 15) is 14.4 Å². The fourth-order valence-electron chi connectivity index (χ4n) is 1.06. The molecule has 6 nitrogen and oxygen atoms in total. The van der Waals surface area contributed by atoms with Gasteiger partial charge in [0.15, 0.2) is 0 Å². The molecule has 19 heavy (non-hydrogen) atoms. The first-order valence-corrected chi connectivity index (χ1v) is 5.56. The SMILES string of the molecule is CC(=O)OC(C)=O.CC(=O)OCc1cccc(C)n1. The molecular weight excluding hydrogens is 250 g/mol. The number of ether oxygens (including phenoxy) is 2. The number of aromatic nitrogens is 1. The Labute approximate surface area is 111 Å². The summed E-state index contributed by atoms with van der Waals surface area (Å²) in [5, 5.41) is 0. The van der Waals surface area contributed by atoms with Gasteiger partial charge in [-0.25, -0.2) is 0 Å². The lowest BCUT2D eigenvalue weighted by molar-refractivity contribution is -0.156. The summed E-state index contributed by atoms with van der Waals surface area (Å²) in [5.74, 6) is -1.40. The smallest absolute Gasteiger partial charge is 0.310 e. The van der Waals surface area contributed by atoms with Gasteiger partial charge in [-0.05, 0) is 19.1 Å². The Balaban J connectivity index is 0.000000399. The van der Waals surface area contributed by atoms with Crippen molar-refractivity contribution in [3.05, 3.63) is 29.6 Å². The van der Waals surface area contributed by atoms with Gasteiger partial charge < -0.3 is 9.47 Å². The minimum atomic E-state index is -0.562. The third-order valence-electron chi connectivity index (χ3n) is 1.66. The van der Waals surface area contributed by atoms with Crippen LogP contribution in [0.1, 0.15) is 32.2 Å². The first-order valence-electron chi connectivity index (χ1n) is 5.56. The lowest BCUT2D eigenvalue weighted by Gasteiger charge is -2.01. The molecule has 6 heteroatoms. The highest BCUT2D eigenvalue weighted by molar-refractivity contribution is 5.82. The molecule has 0 atom stereocenters. The molecule has 0 N–H and O–H groups in total. The summed E-state index contributed by atoms with van der Waals surface area (Å²) in [7, 11) is 0. The molecule has 1 aromatic rings. The Kier molecular flexibility index (Phi) is 7.76. The molecule has 1 rings (SSSR count). The maximum atomic E-state index is 10.5. The van der Waals surface area contributed by atoms with E-state index in [1.807, 2.05) is 25.1 Å². The fraction of sp³-hybridized carbons (Fsp3) is 0.385. The molecule has 0 aliphatic carbocycles. The van der Waals surface area contributed by atoms with Crippen LogP contribution in [0.2, 0.25) is 0 Å². The Morgan fingerprint density at radius 1 is 1.05 bits per heavy atom. The second-order valence-corrected chi connectivity index (χ2v) is 3.64. The van der Waals surface area contributed by atoms with Gasteiger partial charge in [-0.1, -0.05) is 6.07 Å². The van der Waals surface area contributed by atoms with Crippen LogP contribution in [0.15, 0.2) is 18.2 Å². The fourth-order valence-corrected chi connectivity index (χ4v) is 1.06. The van der Waals surface area contributed by atoms with Gasteiger partial charge in [-0.2, -0.15) is 0 Å². The highest BCUT2D eigenvalue weighted by Crippen LogP contribution is 1.99. The summed E-state index contributed by atoms with van der Waals surface area (Å²) in [5.41, 5.74) is 1.71. The number of hydrogen-bond acceptors (Lipinski definition) is 6. The van der Waals surface area contributed by atoms with Gasteiger partial charge in [0.05, 0.1) is 5.69 Å². The van der Waals surface area contributed by atoms with Gasteiger partial charge in [0.1, 0.15) is 6.61 Å². The van der Waals surface area contributed by atoms with Crippen molar-refractivity contribution >= 4 is 17.9 Å². The van der Waals surface area contributed by atoms with Crippen molar-refractivity contribution in [1.29, 1.82) is 0 Å². The number of rotatable bonds is 2. The molecule has 104 valence electrons. The minimum Gasteiger partial charge on any atom is -0.459 e. The lowest BCUT2D eigenvalue weighted by Crippen LogP contribution is -2.03. The van der Waals surface area contributed by atoms with Crippen LogP contribution < -0.4 is 0 Å². The number of esters is 3. The number of nitrogens with zero attached hydrogens (tertiary/aromatic N) is 1. The number of hydrogen-bond donors (Lipinski definition) is 0. The zero-order chi connectivity index (χ0) is 14.8. The van der Waals surface area contributed by atoms with Gasteiger partial charge in [0.25, 0.3) is 0 Å². The quantitative estimate of drug-likeness (QED) is 0.597. The first-order chi connectivity index (χ1) is 8.81. The molecule has 0 radical (unpaired) electrons. The first kappa shape index (κ1) is 16.8. The van der Waals surface area contributed by atoms with E-state index in [0.29, 0.717) is 0 Å². The van der Waals surface area contributed by atoms with E-state index < -0.39 is 11.9 Å². The van der Waals surface area contributed by atoms with Crippen molar-refractivity contribution in [2.45, 2.75) is 34.3 Å². The Bertz CT molecular complexity index is 444. The molecule has 1 heterocycles. The van der Waals surface area contributed by atoms with Crippen molar-refractivity contribution in [2.75, 3.05) is 0 Å². The zero-order valence-corrected chi connectivity index (χ0v) is 11.4. The summed E-state index contributed by atoms with van der Waals surface area (Å²) in [4.78, 5) is 34.2. The maximum absolute atomic E-state index is 10.5. The largest absolute Gasteiger partial charge is 0.459 e. The Hall–Kier alpha value is -2.24. The molecule has 0 spiro atoms. The molecule has 0 aliphatic rings. The van der Waals surface area contributed by atoms with Crippen LogP contribution in [-0.4, -0.2) is 22.9 Å². The van der Waals surface area contributed by atoms with Gasteiger partial charge in [0.2, 0.25) is 0 Å². The van der Waals surface area contributed by atoms with E-state index in [-0.39, 0.29) is 12.6 Å². The minimum absolute atomic E-state index is 0.261.